The van der Waals surface area contributed by atoms with Gasteiger partial charge >= 0.3 is 0 Å². The summed E-state index contributed by atoms with van der Waals surface area (Å²) in [5.41, 5.74) is 1.01. The SMILES string of the molecule is O=C(CSc1nc2c(sc3ccccc32)c(=O)n1C[C@H]1CCCO1)c1ccc(F)cc1. The number of ether oxygens (including phenoxy) is 1. The van der Waals surface area contributed by atoms with E-state index >= 15 is 0 Å². The van der Waals surface area contributed by atoms with Gasteiger partial charge in [-0.1, -0.05) is 30.0 Å². The Morgan fingerprint density at radius 1 is 1.23 bits per heavy atom. The first kappa shape index (κ1) is 20.4. The van der Waals surface area contributed by atoms with Crippen LogP contribution < -0.4 is 5.56 Å². The van der Waals surface area contributed by atoms with Gasteiger partial charge in [-0.15, -0.1) is 11.3 Å². The van der Waals surface area contributed by atoms with E-state index in [-0.39, 0.29) is 29.0 Å². The summed E-state index contributed by atoms with van der Waals surface area (Å²) in [4.78, 5) is 30.8. The summed E-state index contributed by atoms with van der Waals surface area (Å²) in [6.07, 6.45) is 1.84. The molecule has 0 bridgehead atoms. The Hall–Kier alpha value is -2.55. The zero-order chi connectivity index (χ0) is 21.4. The van der Waals surface area contributed by atoms with Gasteiger partial charge in [0.2, 0.25) is 0 Å². The van der Waals surface area contributed by atoms with E-state index in [0.717, 1.165) is 22.9 Å². The van der Waals surface area contributed by atoms with Gasteiger partial charge in [-0.2, -0.15) is 0 Å². The molecule has 1 atom stereocenters. The lowest BCUT2D eigenvalue weighted by molar-refractivity contribution is 0.0938. The van der Waals surface area contributed by atoms with Crippen LogP contribution in [0.5, 0.6) is 0 Å². The molecular weight excluding hydrogens is 435 g/mol. The van der Waals surface area contributed by atoms with Crippen LogP contribution >= 0.6 is 23.1 Å². The van der Waals surface area contributed by atoms with Crippen LogP contribution in [0.1, 0.15) is 23.2 Å². The highest BCUT2D eigenvalue weighted by Gasteiger charge is 2.22. The molecule has 31 heavy (non-hydrogen) atoms. The molecule has 1 fully saturated rings. The highest BCUT2D eigenvalue weighted by molar-refractivity contribution is 7.99. The second-order valence-electron chi connectivity index (χ2n) is 7.44. The molecule has 2 aromatic carbocycles. The molecule has 0 N–H and O–H groups in total. The maximum absolute atomic E-state index is 13.4. The molecule has 8 heteroatoms. The van der Waals surface area contributed by atoms with Crippen molar-refractivity contribution in [3.8, 4) is 0 Å². The summed E-state index contributed by atoms with van der Waals surface area (Å²) in [6.45, 7) is 1.12. The van der Waals surface area contributed by atoms with Crippen LogP contribution in [0.15, 0.2) is 58.5 Å². The van der Waals surface area contributed by atoms with Crippen molar-refractivity contribution in [2.45, 2.75) is 30.6 Å². The van der Waals surface area contributed by atoms with E-state index in [2.05, 4.69) is 0 Å². The van der Waals surface area contributed by atoms with E-state index < -0.39 is 0 Å². The normalized spacial score (nSPS) is 16.4. The monoisotopic (exact) mass is 454 g/mol. The summed E-state index contributed by atoms with van der Waals surface area (Å²) in [7, 11) is 0. The van der Waals surface area contributed by atoms with Crippen molar-refractivity contribution in [1.29, 1.82) is 0 Å². The fourth-order valence-electron chi connectivity index (χ4n) is 3.77. The van der Waals surface area contributed by atoms with Crippen LogP contribution in [0.4, 0.5) is 4.39 Å². The number of fused-ring (bicyclic) bond motifs is 3. The summed E-state index contributed by atoms with van der Waals surface area (Å²) in [6, 6.07) is 13.3. The van der Waals surface area contributed by atoms with Crippen LogP contribution in [0, 0.1) is 5.82 Å². The first-order valence-electron chi connectivity index (χ1n) is 10.1. The molecule has 5 rings (SSSR count). The predicted octanol–water partition coefficient (Wildman–Crippen LogP) is 4.90. The maximum atomic E-state index is 13.4. The minimum Gasteiger partial charge on any atom is -0.376 e. The van der Waals surface area contributed by atoms with E-state index in [1.165, 1.54) is 47.4 Å². The van der Waals surface area contributed by atoms with Gasteiger partial charge < -0.3 is 4.74 Å². The van der Waals surface area contributed by atoms with Crippen LogP contribution in [0.25, 0.3) is 20.3 Å². The van der Waals surface area contributed by atoms with Crippen LogP contribution in [0.2, 0.25) is 0 Å². The molecule has 0 aliphatic carbocycles. The summed E-state index contributed by atoms with van der Waals surface area (Å²) in [5.74, 6) is -0.416. The number of thiophene rings is 1. The first-order chi connectivity index (χ1) is 15.1. The number of Topliss-reactive ketones (excluding diaryl/α,β-unsaturated/α-hetero) is 1. The van der Waals surface area contributed by atoms with Gasteiger partial charge in [-0.3, -0.25) is 14.2 Å². The zero-order valence-electron chi connectivity index (χ0n) is 16.5. The molecule has 2 aromatic heterocycles. The molecule has 3 heterocycles. The number of benzene rings is 2. The Balaban J connectivity index is 1.53. The first-order valence-corrected chi connectivity index (χ1v) is 11.9. The third-order valence-corrected chi connectivity index (χ3v) is 7.48. The number of rotatable bonds is 6. The fraction of sp³-hybridized carbons (Fsp3) is 0.261. The molecule has 0 amide bonds. The van der Waals surface area contributed by atoms with Crippen molar-refractivity contribution < 1.29 is 13.9 Å². The largest absolute Gasteiger partial charge is 0.376 e. The van der Waals surface area contributed by atoms with Crippen LogP contribution in [0.3, 0.4) is 0 Å². The maximum Gasteiger partial charge on any atom is 0.272 e. The zero-order valence-corrected chi connectivity index (χ0v) is 18.2. The quantitative estimate of drug-likeness (QED) is 0.236. The van der Waals surface area contributed by atoms with E-state index in [0.29, 0.717) is 34.1 Å². The van der Waals surface area contributed by atoms with Gasteiger partial charge in [0.25, 0.3) is 5.56 Å². The van der Waals surface area contributed by atoms with Gasteiger partial charge in [-0.05, 0) is 43.2 Å². The third kappa shape index (κ3) is 4.03. The molecule has 158 valence electrons. The number of hydrogen-bond donors (Lipinski definition) is 0. The molecule has 1 aliphatic rings. The van der Waals surface area contributed by atoms with Crippen molar-refractivity contribution in [3.63, 3.8) is 0 Å². The lowest BCUT2D eigenvalue weighted by Gasteiger charge is -2.15. The molecule has 1 saturated heterocycles. The molecule has 4 aromatic rings. The Kier molecular flexibility index (Phi) is 5.60. The third-order valence-electron chi connectivity index (χ3n) is 5.36. The fourth-order valence-corrected chi connectivity index (χ4v) is 5.75. The molecule has 0 spiro atoms. The average Bonchev–Trinajstić information content (AvgIpc) is 3.43. The Morgan fingerprint density at radius 2 is 2.03 bits per heavy atom. The van der Waals surface area contributed by atoms with Crippen molar-refractivity contribution in [3.05, 3.63) is 70.3 Å². The van der Waals surface area contributed by atoms with Crippen LogP contribution in [-0.4, -0.2) is 33.8 Å². The van der Waals surface area contributed by atoms with E-state index in [4.69, 9.17) is 9.72 Å². The highest BCUT2D eigenvalue weighted by atomic mass is 32.2. The molecular formula is C23H19FN2O3S2. The smallest absolute Gasteiger partial charge is 0.272 e. The number of nitrogens with zero attached hydrogens (tertiary/aromatic N) is 2. The number of aromatic nitrogens is 2. The molecule has 0 unspecified atom stereocenters. The van der Waals surface area contributed by atoms with Gasteiger partial charge in [0.15, 0.2) is 10.9 Å². The van der Waals surface area contributed by atoms with Gasteiger partial charge in [0.1, 0.15) is 10.5 Å². The second kappa shape index (κ2) is 8.53. The van der Waals surface area contributed by atoms with Gasteiger partial charge in [-0.25, -0.2) is 9.37 Å². The average molecular weight is 455 g/mol. The van der Waals surface area contributed by atoms with E-state index in [1.807, 2.05) is 24.3 Å². The molecule has 1 aliphatic heterocycles. The lowest BCUT2D eigenvalue weighted by Crippen LogP contribution is -2.28. The Morgan fingerprint density at radius 3 is 2.81 bits per heavy atom. The molecule has 5 nitrogen and oxygen atoms in total. The molecule has 0 saturated carbocycles. The van der Waals surface area contributed by atoms with Crippen LogP contribution in [-0.2, 0) is 11.3 Å². The summed E-state index contributed by atoms with van der Waals surface area (Å²) < 4.78 is 22.2. The highest BCUT2D eigenvalue weighted by Crippen LogP contribution is 2.32. The predicted molar refractivity (Wildman–Crippen MR) is 122 cm³/mol. The van der Waals surface area contributed by atoms with Crippen molar-refractivity contribution >= 4 is 49.2 Å². The van der Waals surface area contributed by atoms with Crippen molar-refractivity contribution in [2.75, 3.05) is 12.4 Å². The standard InChI is InChI=1S/C23H19FN2O3S2/c24-15-9-7-14(8-10-15)18(27)13-30-23-25-20-17-5-1-2-6-19(17)31-21(20)22(28)26(23)12-16-4-3-11-29-16/h1-2,5-10,16H,3-4,11-13H2/t16-/m1/s1. The number of halogens is 1. The summed E-state index contributed by atoms with van der Waals surface area (Å²) >= 11 is 2.68. The second-order valence-corrected chi connectivity index (χ2v) is 9.43. The Labute approximate surface area is 185 Å². The topological polar surface area (TPSA) is 61.2 Å². The number of carbonyl (C=O) groups is 1. The number of carbonyl (C=O) groups excluding carboxylic acids is 1. The Bertz CT molecular complexity index is 1320. The minimum atomic E-state index is -0.383. The van der Waals surface area contributed by atoms with E-state index in [9.17, 15) is 14.0 Å². The number of thioether (sulfide) groups is 1. The van der Waals surface area contributed by atoms with Gasteiger partial charge in [0, 0.05) is 22.3 Å². The summed E-state index contributed by atoms with van der Waals surface area (Å²) in [5, 5.41) is 1.45. The van der Waals surface area contributed by atoms with Crippen molar-refractivity contribution in [2.24, 2.45) is 0 Å². The number of ketones is 1. The lowest BCUT2D eigenvalue weighted by atomic mass is 10.1. The number of hydrogen-bond acceptors (Lipinski definition) is 6. The minimum absolute atomic E-state index is 0.0292. The molecule has 0 radical (unpaired) electrons. The van der Waals surface area contributed by atoms with E-state index in [1.54, 1.807) is 4.57 Å². The van der Waals surface area contributed by atoms with Gasteiger partial charge in [0.05, 0.1) is 23.9 Å². The van der Waals surface area contributed by atoms with Crippen molar-refractivity contribution in [1.82, 2.24) is 9.55 Å².